The lowest BCUT2D eigenvalue weighted by molar-refractivity contribution is -0.362. The summed E-state index contributed by atoms with van der Waals surface area (Å²) < 4.78 is 4.32. The molecule has 10 heavy (non-hydrogen) atoms. The Morgan fingerprint density at radius 1 is 1.10 bits per heavy atom. The minimum atomic E-state index is -1.51. The molecule has 0 aromatic heterocycles. The van der Waals surface area contributed by atoms with Gasteiger partial charge in [-0.1, -0.05) is 0 Å². The van der Waals surface area contributed by atoms with Crippen LogP contribution in [0.1, 0.15) is 0 Å². The summed E-state index contributed by atoms with van der Waals surface area (Å²) in [5.41, 5.74) is 0. The Bertz CT molecular complexity index is 116. The lowest BCUT2D eigenvalue weighted by Gasteiger charge is -2.08. The zero-order valence-electron chi connectivity index (χ0n) is 4.91. The van der Waals surface area contributed by atoms with E-state index in [4.69, 9.17) is 20.6 Å². The fourth-order valence-corrected chi connectivity index (χ4v) is 0.715. The third kappa shape index (κ3) is 1.12. The van der Waals surface area contributed by atoms with E-state index in [-0.39, 0.29) is 0 Å². The molecule has 0 aliphatic carbocycles. The van der Waals surface area contributed by atoms with Gasteiger partial charge in [-0.2, -0.15) is 0 Å². The Morgan fingerprint density at radius 3 is 1.90 bits per heavy atom. The molecule has 1 rings (SSSR count). The van der Waals surface area contributed by atoms with E-state index in [1.807, 2.05) is 0 Å². The summed E-state index contributed by atoms with van der Waals surface area (Å²) in [5, 5.41) is 34.2. The highest BCUT2D eigenvalue weighted by Crippen LogP contribution is 2.19. The van der Waals surface area contributed by atoms with Gasteiger partial charge in [0.2, 0.25) is 6.29 Å². The molecule has 1 fully saturated rings. The van der Waals surface area contributed by atoms with Crippen molar-refractivity contribution in [3.05, 3.63) is 0 Å². The zero-order chi connectivity index (χ0) is 7.72. The molecule has 0 aromatic carbocycles. The predicted molar refractivity (Wildman–Crippen MR) is 26.6 cm³/mol. The fraction of sp³-hybridized carbons (Fsp3) is 1.00. The smallest absolute Gasteiger partial charge is 0.222 e. The molecule has 0 spiro atoms. The minimum Gasteiger partial charge on any atom is -0.385 e. The molecule has 0 amide bonds. The van der Waals surface area contributed by atoms with E-state index in [1.165, 1.54) is 0 Å². The summed E-state index contributed by atoms with van der Waals surface area (Å²) in [4.78, 5) is 3.57. The van der Waals surface area contributed by atoms with E-state index < -0.39 is 24.8 Å². The number of hydrogen-bond acceptors (Lipinski definition) is 6. The van der Waals surface area contributed by atoms with Gasteiger partial charge in [0.1, 0.15) is 12.2 Å². The Hall–Kier alpha value is -0.240. The van der Waals surface area contributed by atoms with E-state index >= 15 is 0 Å². The van der Waals surface area contributed by atoms with Crippen LogP contribution in [0.25, 0.3) is 0 Å². The minimum absolute atomic E-state index is 1.37. The molecule has 0 aromatic rings. The van der Waals surface area contributed by atoms with E-state index in [0.717, 1.165) is 0 Å². The number of hydrogen-bond donors (Lipinski definition) is 4. The van der Waals surface area contributed by atoms with E-state index in [2.05, 4.69) is 9.62 Å². The van der Waals surface area contributed by atoms with Gasteiger partial charge < -0.3 is 20.1 Å². The first-order valence-corrected chi connectivity index (χ1v) is 2.66. The summed E-state index contributed by atoms with van der Waals surface area (Å²) in [7, 11) is 0. The summed E-state index contributed by atoms with van der Waals surface area (Å²) in [5.74, 6) is 0. The normalized spacial score (nSPS) is 48.0. The van der Waals surface area contributed by atoms with Crippen molar-refractivity contribution in [1.29, 1.82) is 0 Å². The van der Waals surface area contributed by atoms with Crippen molar-refractivity contribution in [3.63, 3.8) is 0 Å². The van der Waals surface area contributed by atoms with Crippen molar-refractivity contribution in [1.82, 2.24) is 0 Å². The van der Waals surface area contributed by atoms with Crippen LogP contribution in [0.15, 0.2) is 0 Å². The predicted octanol–water partition coefficient (Wildman–Crippen LogP) is -2.13. The van der Waals surface area contributed by atoms with Gasteiger partial charge in [0.25, 0.3) is 0 Å². The Labute approximate surface area is 56.2 Å². The average Bonchev–Trinajstić information content (AvgIpc) is 2.17. The van der Waals surface area contributed by atoms with Gasteiger partial charge >= 0.3 is 0 Å². The fourth-order valence-electron chi connectivity index (χ4n) is 0.715. The summed E-state index contributed by atoms with van der Waals surface area (Å²) in [6.07, 6.45) is -5.73. The maximum Gasteiger partial charge on any atom is 0.222 e. The highest BCUT2D eigenvalue weighted by atomic mass is 17.1. The second kappa shape index (κ2) is 2.79. The van der Waals surface area contributed by atoms with Gasteiger partial charge in [-0.25, -0.2) is 10.1 Å². The third-order valence-corrected chi connectivity index (χ3v) is 1.30. The second-order valence-electron chi connectivity index (χ2n) is 1.98. The quantitative estimate of drug-likeness (QED) is 0.253. The first-order valence-electron chi connectivity index (χ1n) is 2.66. The molecule has 6 nitrogen and oxygen atoms in total. The summed E-state index contributed by atoms with van der Waals surface area (Å²) >= 11 is 0. The maximum atomic E-state index is 8.81. The molecular formula is C4H8O6. The summed E-state index contributed by atoms with van der Waals surface area (Å²) in [6, 6.07) is 0. The van der Waals surface area contributed by atoms with Crippen molar-refractivity contribution in [2.45, 2.75) is 24.8 Å². The molecule has 60 valence electrons. The Kier molecular flexibility index (Phi) is 2.19. The van der Waals surface area contributed by atoms with E-state index in [0.29, 0.717) is 0 Å². The van der Waals surface area contributed by atoms with Crippen LogP contribution in [0.5, 0.6) is 0 Å². The molecule has 4 N–H and O–H groups in total. The topological polar surface area (TPSA) is 99.4 Å². The van der Waals surface area contributed by atoms with Gasteiger partial charge in [-0.05, 0) is 0 Å². The van der Waals surface area contributed by atoms with Crippen molar-refractivity contribution < 1.29 is 30.2 Å². The standard InChI is InChI=1S/C4H8O6/c5-1-2(6)4(10-8)9-3(1)7/h1-8H/t1-,2+,3?,4-/m1/s1. The number of aliphatic hydroxyl groups excluding tert-OH is 3. The van der Waals surface area contributed by atoms with Gasteiger partial charge in [0.05, 0.1) is 0 Å². The van der Waals surface area contributed by atoms with Crippen molar-refractivity contribution in [2.24, 2.45) is 0 Å². The van der Waals surface area contributed by atoms with Gasteiger partial charge in [0, 0.05) is 0 Å². The first-order chi connectivity index (χ1) is 4.66. The highest BCUT2D eigenvalue weighted by Gasteiger charge is 2.42. The highest BCUT2D eigenvalue weighted by molar-refractivity contribution is 4.79. The average molecular weight is 152 g/mol. The number of rotatable bonds is 1. The van der Waals surface area contributed by atoms with Crippen LogP contribution < -0.4 is 0 Å². The Balaban J connectivity index is 2.53. The maximum absolute atomic E-state index is 8.81. The molecule has 1 heterocycles. The van der Waals surface area contributed by atoms with Crippen molar-refractivity contribution in [2.75, 3.05) is 0 Å². The van der Waals surface area contributed by atoms with Crippen molar-refractivity contribution in [3.8, 4) is 0 Å². The Morgan fingerprint density at radius 2 is 1.70 bits per heavy atom. The second-order valence-corrected chi connectivity index (χ2v) is 1.98. The summed E-state index contributed by atoms with van der Waals surface area (Å²) in [6.45, 7) is 0. The van der Waals surface area contributed by atoms with Crippen LogP contribution in [-0.4, -0.2) is 45.4 Å². The first kappa shape index (κ1) is 7.86. The monoisotopic (exact) mass is 152 g/mol. The zero-order valence-corrected chi connectivity index (χ0v) is 4.91. The van der Waals surface area contributed by atoms with Crippen LogP contribution in [0, 0.1) is 0 Å². The van der Waals surface area contributed by atoms with Gasteiger partial charge in [0.15, 0.2) is 6.29 Å². The van der Waals surface area contributed by atoms with Crippen LogP contribution in [0.3, 0.4) is 0 Å². The largest absolute Gasteiger partial charge is 0.385 e. The molecule has 4 atom stereocenters. The number of aliphatic hydroxyl groups is 3. The lowest BCUT2D eigenvalue weighted by Crippen LogP contribution is -2.32. The molecule has 1 unspecified atom stereocenters. The molecule has 6 heteroatoms. The van der Waals surface area contributed by atoms with E-state index in [9.17, 15) is 0 Å². The van der Waals surface area contributed by atoms with Crippen LogP contribution in [0.4, 0.5) is 0 Å². The van der Waals surface area contributed by atoms with Crippen molar-refractivity contribution >= 4 is 0 Å². The molecule has 0 radical (unpaired) electrons. The van der Waals surface area contributed by atoms with Gasteiger partial charge in [-0.3, -0.25) is 0 Å². The molecular weight excluding hydrogens is 144 g/mol. The SMILES string of the molecule is OO[C@H]1OC(O)[C@H](O)[C@@H]1O. The lowest BCUT2D eigenvalue weighted by atomic mass is 10.2. The molecule has 0 bridgehead atoms. The molecule has 0 saturated carbocycles. The van der Waals surface area contributed by atoms with Crippen LogP contribution in [0.2, 0.25) is 0 Å². The third-order valence-electron chi connectivity index (χ3n) is 1.30. The van der Waals surface area contributed by atoms with Crippen LogP contribution in [-0.2, 0) is 9.62 Å². The van der Waals surface area contributed by atoms with Gasteiger partial charge in [-0.15, -0.1) is 0 Å². The van der Waals surface area contributed by atoms with E-state index in [1.54, 1.807) is 0 Å². The molecule has 1 aliphatic heterocycles. The molecule has 1 aliphatic rings. The molecule has 1 saturated heterocycles. The van der Waals surface area contributed by atoms with Crippen LogP contribution >= 0.6 is 0 Å². The number of ether oxygens (including phenoxy) is 1.